The number of pyridine rings is 2. The summed E-state index contributed by atoms with van der Waals surface area (Å²) in [4.78, 5) is 53.4. The molecule has 0 radical (unpaired) electrons. The zero-order chi connectivity index (χ0) is 26.3. The van der Waals surface area contributed by atoms with E-state index in [9.17, 15) is 28.7 Å². The van der Waals surface area contributed by atoms with Crippen molar-refractivity contribution < 1.29 is 33.4 Å². The molecule has 1 unspecified atom stereocenters. The van der Waals surface area contributed by atoms with Gasteiger partial charge in [-0.15, -0.1) is 0 Å². The lowest BCUT2D eigenvalue weighted by molar-refractivity contribution is -0.118. The van der Waals surface area contributed by atoms with Crippen molar-refractivity contribution in [3.63, 3.8) is 0 Å². The van der Waals surface area contributed by atoms with Crippen molar-refractivity contribution >= 4 is 40.5 Å². The number of nitrogens with one attached hydrogen (secondary N) is 2. The van der Waals surface area contributed by atoms with Crippen molar-refractivity contribution in [1.29, 1.82) is 0 Å². The Morgan fingerprint density at radius 3 is 2.86 bits per heavy atom. The van der Waals surface area contributed by atoms with Crippen LogP contribution in [0.2, 0.25) is 0 Å². The molecule has 3 N–H and O–H groups in total. The molecule has 0 spiro atoms. The van der Waals surface area contributed by atoms with Crippen LogP contribution >= 0.6 is 0 Å². The van der Waals surface area contributed by atoms with Gasteiger partial charge in [0.05, 0.1) is 17.6 Å². The molecule has 1 fully saturated rings. The third-order valence-electron chi connectivity index (χ3n) is 6.21. The maximum atomic E-state index is 14.7. The molecule has 0 bridgehead atoms. The molecule has 12 nitrogen and oxygen atoms in total. The lowest BCUT2D eigenvalue weighted by atomic mass is 10.0. The maximum absolute atomic E-state index is 14.7. The standard InChI is InChI=1S/C24H22FN5O7/c1-29-20(32)8-15(23(33)34)13-2-3-16(25)14(21(13)29)6-7-26-9-12-10-30(24(35)37-12)18-5-4-17-22(27-18)28-19(31)11-36-17/h2-5,8,12,26H,6-7,9-11H2,1H3,(H,33,34)(H,27,28,31). The molecule has 3 aromatic rings. The summed E-state index contributed by atoms with van der Waals surface area (Å²) >= 11 is 0. The Morgan fingerprint density at radius 2 is 2.08 bits per heavy atom. The number of hydrogen-bond acceptors (Lipinski definition) is 8. The van der Waals surface area contributed by atoms with Gasteiger partial charge >= 0.3 is 12.1 Å². The smallest absolute Gasteiger partial charge is 0.416 e. The highest BCUT2D eigenvalue weighted by Gasteiger charge is 2.33. The topological polar surface area (TPSA) is 152 Å². The Morgan fingerprint density at radius 1 is 1.27 bits per heavy atom. The lowest BCUT2D eigenvalue weighted by Gasteiger charge is -2.19. The zero-order valence-corrected chi connectivity index (χ0v) is 19.6. The number of aromatic nitrogens is 2. The average molecular weight is 511 g/mol. The van der Waals surface area contributed by atoms with Gasteiger partial charge in [0, 0.05) is 30.6 Å². The van der Waals surface area contributed by atoms with E-state index in [2.05, 4.69) is 15.6 Å². The second-order valence-electron chi connectivity index (χ2n) is 8.61. The minimum atomic E-state index is -1.27. The summed E-state index contributed by atoms with van der Waals surface area (Å²) in [5.41, 5.74) is -0.309. The Labute approximate surface area is 208 Å². The molecule has 1 aromatic carbocycles. The Kier molecular flexibility index (Phi) is 6.21. The molecule has 37 heavy (non-hydrogen) atoms. The number of amides is 2. The fraction of sp³-hybridized carbons (Fsp3) is 0.292. The van der Waals surface area contributed by atoms with Crippen LogP contribution in [0.5, 0.6) is 5.75 Å². The number of benzene rings is 1. The van der Waals surface area contributed by atoms with E-state index in [0.717, 1.165) is 6.07 Å². The van der Waals surface area contributed by atoms with Crippen LogP contribution in [-0.4, -0.2) is 65.0 Å². The fourth-order valence-electron chi connectivity index (χ4n) is 4.43. The van der Waals surface area contributed by atoms with Crippen molar-refractivity contribution in [2.45, 2.75) is 12.5 Å². The minimum Gasteiger partial charge on any atom is -0.480 e. The minimum absolute atomic E-state index is 0.104. The first kappa shape index (κ1) is 24.2. The summed E-state index contributed by atoms with van der Waals surface area (Å²) in [5.74, 6) is -1.24. The highest BCUT2D eigenvalue weighted by atomic mass is 19.1. The van der Waals surface area contributed by atoms with Crippen LogP contribution < -0.4 is 25.8 Å². The summed E-state index contributed by atoms with van der Waals surface area (Å²) in [6.07, 6.45) is -0.953. The lowest BCUT2D eigenvalue weighted by Crippen LogP contribution is -2.32. The molecule has 5 rings (SSSR count). The predicted molar refractivity (Wildman–Crippen MR) is 129 cm³/mol. The number of halogens is 1. The number of carbonyl (C=O) groups is 3. The largest absolute Gasteiger partial charge is 0.480 e. The van der Waals surface area contributed by atoms with E-state index in [0.29, 0.717) is 11.6 Å². The highest BCUT2D eigenvalue weighted by molar-refractivity contribution is 6.03. The van der Waals surface area contributed by atoms with Crippen LogP contribution in [0.1, 0.15) is 15.9 Å². The second kappa shape index (κ2) is 9.50. The van der Waals surface area contributed by atoms with Crippen LogP contribution in [0.3, 0.4) is 0 Å². The van der Waals surface area contributed by atoms with Gasteiger partial charge in [-0.25, -0.2) is 19.0 Å². The fourth-order valence-corrected chi connectivity index (χ4v) is 4.43. The Bertz CT molecular complexity index is 1510. The van der Waals surface area contributed by atoms with Gasteiger partial charge < -0.3 is 29.8 Å². The predicted octanol–water partition coefficient (Wildman–Crippen LogP) is 1.26. The Balaban J connectivity index is 1.25. The molecular formula is C24H22FN5O7. The number of cyclic esters (lactones) is 1. The van der Waals surface area contributed by atoms with Gasteiger partial charge in [0.15, 0.2) is 18.2 Å². The van der Waals surface area contributed by atoms with E-state index in [4.69, 9.17) is 9.47 Å². The third-order valence-corrected chi connectivity index (χ3v) is 6.21. The van der Waals surface area contributed by atoms with Crippen LogP contribution in [-0.2, 0) is 23.0 Å². The van der Waals surface area contributed by atoms with Crippen LogP contribution in [0.25, 0.3) is 10.9 Å². The number of aromatic carboxylic acids is 1. The SMILES string of the molecule is Cn1c(=O)cc(C(=O)O)c2ccc(F)c(CCNCC3CN(c4ccc5c(n4)NC(=O)CO5)C(=O)O3)c21. The first-order valence-corrected chi connectivity index (χ1v) is 11.4. The van der Waals surface area contributed by atoms with E-state index in [1.165, 1.54) is 28.6 Å². The van der Waals surface area contributed by atoms with Gasteiger partial charge in [0.1, 0.15) is 17.7 Å². The highest BCUT2D eigenvalue weighted by Crippen LogP contribution is 2.30. The Hall–Kier alpha value is -4.52. The number of carboxylic acid groups (broad SMARTS) is 1. The number of carbonyl (C=O) groups excluding carboxylic acids is 2. The van der Waals surface area contributed by atoms with E-state index in [-0.39, 0.29) is 66.4 Å². The van der Waals surface area contributed by atoms with Gasteiger partial charge in [-0.1, -0.05) is 0 Å². The quantitative estimate of drug-likeness (QED) is 0.398. The van der Waals surface area contributed by atoms with Crippen molar-refractivity contribution in [2.75, 3.05) is 36.5 Å². The first-order valence-electron chi connectivity index (χ1n) is 11.4. The van der Waals surface area contributed by atoms with Crippen molar-refractivity contribution in [3.8, 4) is 5.75 Å². The number of rotatable bonds is 7. The van der Waals surface area contributed by atoms with Crippen LogP contribution in [0.15, 0.2) is 35.1 Å². The number of ether oxygens (including phenoxy) is 2. The molecule has 0 aliphatic carbocycles. The first-order chi connectivity index (χ1) is 17.7. The second-order valence-corrected chi connectivity index (χ2v) is 8.61. The number of aryl methyl sites for hydroxylation is 1. The van der Waals surface area contributed by atoms with Crippen LogP contribution in [0, 0.1) is 5.82 Å². The zero-order valence-electron chi connectivity index (χ0n) is 19.6. The maximum Gasteiger partial charge on any atom is 0.416 e. The summed E-state index contributed by atoms with van der Waals surface area (Å²) in [5, 5.41) is 15.4. The normalized spacial score (nSPS) is 16.8. The molecule has 192 valence electrons. The summed E-state index contributed by atoms with van der Waals surface area (Å²) in [7, 11) is 1.46. The molecule has 2 aliphatic heterocycles. The number of hydrogen-bond donors (Lipinski definition) is 3. The van der Waals surface area contributed by atoms with Gasteiger partial charge in [-0.2, -0.15) is 0 Å². The van der Waals surface area contributed by atoms with Crippen LogP contribution in [0.4, 0.5) is 20.8 Å². The van der Waals surface area contributed by atoms with E-state index in [1.807, 2.05) is 0 Å². The third kappa shape index (κ3) is 4.56. The molecule has 2 aliphatic rings. The molecule has 13 heteroatoms. The van der Waals surface area contributed by atoms with E-state index >= 15 is 0 Å². The van der Waals surface area contributed by atoms with E-state index < -0.39 is 29.5 Å². The summed E-state index contributed by atoms with van der Waals surface area (Å²) in [6.45, 7) is 0.632. The van der Waals surface area contributed by atoms with Gasteiger partial charge in [0.25, 0.3) is 11.5 Å². The van der Waals surface area contributed by atoms with Crippen molar-refractivity contribution in [1.82, 2.24) is 14.9 Å². The molecule has 2 amide bonds. The number of fused-ring (bicyclic) bond motifs is 2. The molecule has 0 saturated carbocycles. The summed E-state index contributed by atoms with van der Waals surface area (Å²) in [6, 6.07) is 6.75. The molecule has 1 atom stereocenters. The number of nitrogens with zero attached hydrogens (tertiary/aromatic N) is 3. The monoisotopic (exact) mass is 511 g/mol. The number of carboxylic acids is 1. The van der Waals surface area contributed by atoms with Gasteiger partial charge in [-0.05, 0) is 37.2 Å². The summed E-state index contributed by atoms with van der Waals surface area (Å²) < 4.78 is 26.6. The van der Waals surface area contributed by atoms with Gasteiger partial charge in [-0.3, -0.25) is 14.5 Å². The molecular weight excluding hydrogens is 489 g/mol. The van der Waals surface area contributed by atoms with E-state index in [1.54, 1.807) is 12.1 Å². The molecule has 1 saturated heterocycles. The van der Waals surface area contributed by atoms with Gasteiger partial charge in [0.2, 0.25) is 0 Å². The number of anilines is 2. The van der Waals surface area contributed by atoms with Crippen molar-refractivity contribution in [2.24, 2.45) is 7.05 Å². The average Bonchev–Trinajstić information content (AvgIpc) is 3.24. The molecule has 4 heterocycles. The van der Waals surface area contributed by atoms with Crippen molar-refractivity contribution in [3.05, 3.63) is 57.6 Å². The molecule has 2 aromatic heterocycles.